The molecule has 4 atom stereocenters. The lowest BCUT2D eigenvalue weighted by Gasteiger charge is -2.18. The maximum absolute atomic E-state index is 10.5. The molecule has 31 heavy (non-hydrogen) atoms. The van der Waals surface area contributed by atoms with E-state index in [0.717, 1.165) is 11.3 Å². The normalized spacial score (nSPS) is 23.6. The lowest BCUT2D eigenvalue weighted by atomic mass is 10.1. The number of benzene rings is 1. The summed E-state index contributed by atoms with van der Waals surface area (Å²) >= 11 is 0. The molecule has 0 radical (unpaired) electrons. The average molecular weight is 429 g/mol. The van der Waals surface area contributed by atoms with E-state index >= 15 is 0 Å². The highest BCUT2D eigenvalue weighted by atomic mass is 16.6. The number of nitrogens with zero attached hydrogens (tertiary/aromatic N) is 5. The van der Waals surface area contributed by atoms with Crippen LogP contribution in [0.4, 0.5) is 11.8 Å². The second kappa shape index (κ2) is 8.81. The van der Waals surface area contributed by atoms with Gasteiger partial charge in [0.2, 0.25) is 5.95 Å². The number of aromatic nitrogens is 4. The summed E-state index contributed by atoms with van der Waals surface area (Å²) in [5.41, 5.74) is 10.1. The van der Waals surface area contributed by atoms with Crippen LogP contribution in [0.2, 0.25) is 0 Å². The molecule has 12 nitrogen and oxygen atoms in total. The van der Waals surface area contributed by atoms with Crippen molar-refractivity contribution in [2.75, 3.05) is 24.4 Å². The number of imidazole rings is 1. The monoisotopic (exact) mass is 429 g/mol. The number of hydrazone groups is 1. The molecule has 1 aromatic carbocycles. The molecule has 0 saturated carbocycles. The number of fused-ring (bicyclic) bond motifs is 1. The summed E-state index contributed by atoms with van der Waals surface area (Å²) in [4.78, 5) is 12.5. The Bertz CT molecular complexity index is 1070. The van der Waals surface area contributed by atoms with E-state index < -0.39 is 31.1 Å². The Morgan fingerprint density at radius 2 is 2.03 bits per heavy atom. The highest BCUT2D eigenvalue weighted by molar-refractivity contribution is 5.84. The van der Waals surface area contributed by atoms with Crippen molar-refractivity contribution in [3.8, 4) is 5.75 Å². The van der Waals surface area contributed by atoms with E-state index in [9.17, 15) is 15.3 Å². The summed E-state index contributed by atoms with van der Waals surface area (Å²) < 4.78 is 12.5. The van der Waals surface area contributed by atoms with Crippen molar-refractivity contribution >= 4 is 29.1 Å². The van der Waals surface area contributed by atoms with E-state index in [0.29, 0.717) is 6.61 Å². The highest BCUT2D eigenvalue weighted by Crippen LogP contribution is 2.35. The summed E-state index contributed by atoms with van der Waals surface area (Å²) in [7, 11) is 0. The van der Waals surface area contributed by atoms with Gasteiger partial charge in [-0.05, 0) is 36.8 Å². The van der Waals surface area contributed by atoms with Crippen molar-refractivity contribution in [1.82, 2.24) is 19.5 Å². The molecule has 1 saturated heterocycles. The third-order valence-electron chi connectivity index (χ3n) is 4.85. The smallest absolute Gasteiger partial charge is 0.228 e. The molecule has 164 valence electrons. The van der Waals surface area contributed by atoms with Crippen molar-refractivity contribution in [1.29, 1.82) is 0 Å². The van der Waals surface area contributed by atoms with Gasteiger partial charge in [0.25, 0.3) is 0 Å². The number of aliphatic hydroxyl groups excluding tert-OH is 3. The van der Waals surface area contributed by atoms with Crippen molar-refractivity contribution in [2.45, 2.75) is 31.5 Å². The summed E-state index contributed by atoms with van der Waals surface area (Å²) in [6.45, 7) is 2.03. The van der Waals surface area contributed by atoms with E-state index in [2.05, 4.69) is 25.5 Å². The molecular formula is C19H23N7O5. The predicted octanol–water partition coefficient (Wildman–Crippen LogP) is -0.135. The number of hydrogen-bond donors (Lipinski definition) is 5. The van der Waals surface area contributed by atoms with Gasteiger partial charge in [0.05, 0.1) is 19.4 Å². The molecule has 12 heteroatoms. The predicted molar refractivity (Wildman–Crippen MR) is 112 cm³/mol. The van der Waals surface area contributed by atoms with Crippen LogP contribution in [0.1, 0.15) is 18.7 Å². The van der Waals surface area contributed by atoms with Gasteiger partial charge in [0, 0.05) is 0 Å². The number of anilines is 2. The number of aliphatic hydroxyl groups is 3. The third kappa shape index (κ3) is 4.01. The minimum absolute atomic E-state index is 0.133. The van der Waals surface area contributed by atoms with Crippen LogP contribution in [0.15, 0.2) is 35.7 Å². The van der Waals surface area contributed by atoms with Crippen LogP contribution in [0.5, 0.6) is 5.75 Å². The van der Waals surface area contributed by atoms with Crippen LogP contribution in [-0.4, -0.2) is 72.6 Å². The van der Waals surface area contributed by atoms with Crippen molar-refractivity contribution in [3.05, 3.63) is 36.2 Å². The van der Waals surface area contributed by atoms with E-state index in [1.807, 2.05) is 31.2 Å². The summed E-state index contributed by atoms with van der Waals surface area (Å²) in [6, 6.07) is 7.34. The standard InChI is InChI=1S/C19H23N7O5/c1-2-30-11-5-3-10(4-6-11)7-23-25-19-24-13-16(20)21-9-22-17(13)26(19)18-15(29)14(28)12(8-27)31-18/h3-7,9,12,14-15,18,27-29H,2,8H2,1H3,(H,24,25)(H2,20,21,22)/t12-,14-,15-,18-/m1/s1. The summed E-state index contributed by atoms with van der Waals surface area (Å²) in [5, 5.41) is 34.2. The minimum Gasteiger partial charge on any atom is -0.494 e. The van der Waals surface area contributed by atoms with Gasteiger partial charge >= 0.3 is 0 Å². The maximum Gasteiger partial charge on any atom is 0.228 e. The molecule has 0 bridgehead atoms. The van der Waals surface area contributed by atoms with E-state index in [4.69, 9.17) is 15.2 Å². The highest BCUT2D eigenvalue weighted by Gasteiger charge is 2.45. The van der Waals surface area contributed by atoms with Gasteiger partial charge < -0.3 is 30.5 Å². The van der Waals surface area contributed by atoms with Crippen LogP contribution in [0.3, 0.4) is 0 Å². The first kappa shape index (κ1) is 20.9. The zero-order valence-corrected chi connectivity index (χ0v) is 16.7. The molecule has 2 aromatic heterocycles. The first-order valence-electron chi connectivity index (χ1n) is 9.66. The van der Waals surface area contributed by atoms with Gasteiger partial charge in [-0.2, -0.15) is 5.10 Å². The topological polar surface area (TPSA) is 173 Å². The molecular weight excluding hydrogens is 406 g/mol. The molecule has 0 amide bonds. The molecule has 3 aromatic rings. The van der Waals surface area contributed by atoms with Gasteiger partial charge in [-0.25, -0.2) is 20.4 Å². The molecule has 0 unspecified atom stereocenters. The average Bonchev–Trinajstić information content (AvgIpc) is 3.27. The Kier molecular flexibility index (Phi) is 5.95. The molecule has 0 spiro atoms. The Balaban J connectivity index is 1.64. The summed E-state index contributed by atoms with van der Waals surface area (Å²) in [5.74, 6) is 1.06. The van der Waals surface area contributed by atoms with Gasteiger partial charge in [0.15, 0.2) is 23.2 Å². The fraction of sp³-hybridized carbons (Fsp3) is 0.368. The van der Waals surface area contributed by atoms with Gasteiger partial charge in [-0.1, -0.05) is 0 Å². The van der Waals surface area contributed by atoms with E-state index in [1.165, 1.54) is 10.9 Å². The number of nitrogen functional groups attached to an aromatic ring is 1. The van der Waals surface area contributed by atoms with Gasteiger partial charge in [-0.15, -0.1) is 0 Å². The van der Waals surface area contributed by atoms with Crippen molar-refractivity contribution < 1.29 is 24.8 Å². The number of rotatable bonds is 7. The summed E-state index contributed by atoms with van der Waals surface area (Å²) in [6.07, 6.45) is -1.82. The van der Waals surface area contributed by atoms with Crippen molar-refractivity contribution in [3.63, 3.8) is 0 Å². The lowest BCUT2D eigenvalue weighted by Crippen LogP contribution is -2.33. The second-order valence-corrected chi connectivity index (χ2v) is 6.84. The van der Waals surface area contributed by atoms with Crippen LogP contribution in [0.25, 0.3) is 11.2 Å². The first-order valence-corrected chi connectivity index (χ1v) is 9.66. The number of nitrogens with two attached hydrogens (primary N) is 1. The molecule has 4 rings (SSSR count). The molecule has 1 aliphatic heterocycles. The fourth-order valence-corrected chi connectivity index (χ4v) is 3.32. The molecule has 1 aliphatic rings. The minimum atomic E-state index is -1.33. The molecule has 6 N–H and O–H groups in total. The van der Waals surface area contributed by atoms with Gasteiger partial charge in [0.1, 0.15) is 30.4 Å². The Labute approximate surface area is 177 Å². The molecule has 0 aliphatic carbocycles. The number of hydrogen-bond acceptors (Lipinski definition) is 11. The first-order chi connectivity index (χ1) is 15.0. The quantitative estimate of drug-likeness (QED) is 0.251. The maximum atomic E-state index is 10.5. The zero-order chi connectivity index (χ0) is 22.0. The zero-order valence-electron chi connectivity index (χ0n) is 16.7. The Morgan fingerprint density at radius 3 is 2.71 bits per heavy atom. The Hall–Kier alpha value is -3.32. The van der Waals surface area contributed by atoms with Crippen LogP contribution in [-0.2, 0) is 4.74 Å². The number of ether oxygens (including phenoxy) is 2. The van der Waals surface area contributed by atoms with Crippen molar-refractivity contribution in [2.24, 2.45) is 5.10 Å². The molecule has 3 heterocycles. The Morgan fingerprint density at radius 1 is 1.26 bits per heavy atom. The largest absolute Gasteiger partial charge is 0.494 e. The van der Waals surface area contributed by atoms with E-state index in [-0.39, 0.29) is 22.9 Å². The van der Waals surface area contributed by atoms with Crippen LogP contribution < -0.4 is 15.9 Å². The van der Waals surface area contributed by atoms with Crippen LogP contribution in [0, 0.1) is 0 Å². The van der Waals surface area contributed by atoms with Crippen LogP contribution >= 0.6 is 0 Å². The SMILES string of the molecule is CCOc1ccc(C=NNc2nc3c(N)ncnc3n2[C@@H]2O[C@H](CO)[C@@H](O)[C@H]2O)cc1. The molecule has 1 fully saturated rings. The third-order valence-corrected chi connectivity index (χ3v) is 4.85. The number of nitrogens with one attached hydrogen (secondary N) is 1. The van der Waals surface area contributed by atoms with Gasteiger partial charge in [-0.3, -0.25) is 4.57 Å². The lowest BCUT2D eigenvalue weighted by molar-refractivity contribution is -0.0501. The fourth-order valence-electron chi connectivity index (χ4n) is 3.32. The van der Waals surface area contributed by atoms with E-state index in [1.54, 1.807) is 6.21 Å². The second-order valence-electron chi connectivity index (χ2n) is 6.84.